The lowest BCUT2D eigenvalue weighted by Crippen LogP contribution is -2.54. The van der Waals surface area contributed by atoms with Crippen LogP contribution in [0, 0.1) is 34.5 Å². The average Bonchev–Trinajstić information content (AvgIpc) is 3.34. The molecule has 4 aliphatic carbocycles. The van der Waals surface area contributed by atoms with Crippen molar-refractivity contribution >= 4 is 17.0 Å². The maximum atomic E-state index is 11.5. The highest BCUT2D eigenvalue weighted by atomic mass is 16.5. The van der Waals surface area contributed by atoms with Crippen LogP contribution in [0.4, 0.5) is 0 Å². The Morgan fingerprint density at radius 1 is 1.00 bits per heavy atom. The molecular formula is C28H38N2O2. The van der Waals surface area contributed by atoms with Crippen LogP contribution in [-0.4, -0.2) is 21.6 Å². The van der Waals surface area contributed by atoms with Crippen molar-refractivity contribution in [3.63, 3.8) is 0 Å². The molecule has 1 aromatic carbocycles. The molecule has 0 N–H and O–H groups in total. The van der Waals surface area contributed by atoms with Crippen LogP contribution in [0.1, 0.15) is 84.6 Å². The van der Waals surface area contributed by atoms with Gasteiger partial charge in [-0.3, -0.25) is 4.79 Å². The Morgan fingerprint density at radius 2 is 1.78 bits per heavy atom. The Hall–Kier alpha value is -1.84. The highest BCUT2D eigenvalue weighted by Crippen LogP contribution is 2.68. The first-order chi connectivity index (χ1) is 15.4. The van der Waals surface area contributed by atoms with Crippen molar-refractivity contribution in [3.05, 3.63) is 30.6 Å². The molecule has 172 valence electrons. The molecule has 1 heterocycles. The van der Waals surface area contributed by atoms with Crippen LogP contribution in [0.25, 0.3) is 11.0 Å². The van der Waals surface area contributed by atoms with E-state index in [1.165, 1.54) is 50.5 Å². The van der Waals surface area contributed by atoms with Crippen molar-refractivity contribution < 1.29 is 9.53 Å². The Morgan fingerprint density at radius 3 is 2.62 bits per heavy atom. The SMILES string of the molecule is CC(=O)OC1CC[C@@]2(C)C(CCC3C2CC[C@@]2(C)C3CCC2n2cnc3ccccc32)C1. The van der Waals surface area contributed by atoms with E-state index < -0.39 is 0 Å². The van der Waals surface area contributed by atoms with Gasteiger partial charge in [0.25, 0.3) is 0 Å². The summed E-state index contributed by atoms with van der Waals surface area (Å²) in [6.07, 6.45) is 13.7. The second-order valence-electron chi connectivity index (χ2n) is 11.9. The van der Waals surface area contributed by atoms with E-state index in [0.29, 0.717) is 16.9 Å². The van der Waals surface area contributed by atoms with Gasteiger partial charge in [-0.05, 0) is 104 Å². The van der Waals surface area contributed by atoms with Gasteiger partial charge in [0.1, 0.15) is 6.10 Å². The zero-order valence-electron chi connectivity index (χ0n) is 19.9. The summed E-state index contributed by atoms with van der Waals surface area (Å²) in [6, 6.07) is 9.22. The number of aromatic nitrogens is 2. The molecule has 4 fully saturated rings. The van der Waals surface area contributed by atoms with Crippen molar-refractivity contribution in [1.29, 1.82) is 0 Å². The van der Waals surface area contributed by atoms with Crippen molar-refractivity contribution in [2.24, 2.45) is 34.5 Å². The lowest BCUT2D eigenvalue weighted by Gasteiger charge is -2.61. The predicted octanol–water partition coefficient (Wildman–Crippen LogP) is 6.55. The number of hydrogen-bond acceptors (Lipinski definition) is 3. The molecule has 0 bridgehead atoms. The van der Waals surface area contributed by atoms with E-state index in [0.717, 1.165) is 42.0 Å². The van der Waals surface area contributed by atoms with E-state index in [9.17, 15) is 4.79 Å². The van der Waals surface area contributed by atoms with Crippen LogP contribution >= 0.6 is 0 Å². The number of carbonyl (C=O) groups excluding carboxylic acids is 1. The largest absolute Gasteiger partial charge is 0.463 e. The third-order valence-electron chi connectivity index (χ3n) is 10.7. The fraction of sp³-hybridized carbons (Fsp3) is 0.714. The number of imidazole rings is 1. The molecular weight excluding hydrogens is 396 g/mol. The van der Waals surface area contributed by atoms with Crippen LogP contribution in [0.5, 0.6) is 0 Å². The number of hydrogen-bond donors (Lipinski definition) is 0. The van der Waals surface area contributed by atoms with Gasteiger partial charge in [-0.15, -0.1) is 0 Å². The van der Waals surface area contributed by atoms with Crippen LogP contribution in [0.2, 0.25) is 0 Å². The fourth-order valence-corrected chi connectivity index (χ4v) is 9.22. The summed E-state index contributed by atoms with van der Waals surface area (Å²) < 4.78 is 8.17. The van der Waals surface area contributed by atoms with E-state index in [1.807, 2.05) is 0 Å². The minimum absolute atomic E-state index is 0.107. The van der Waals surface area contributed by atoms with Gasteiger partial charge in [-0.25, -0.2) is 4.98 Å². The number of fused-ring (bicyclic) bond motifs is 6. The number of carbonyl (C=O) groups is 1. The number of esters is 1. The van der Waals surface area contributed by atoms with E-state index in [-0.39, 0.29) is 12.1 Å². The van der Waals surface area contributed by atoms with Gasteiger partial charge in [0.15, 0.2) is 0 Å². The molecule has 1 aromatic heterocycles. The standard InChI is InChI=1S/C28H38N2O2/c1-18(31)32-20-12-14-27(2)19(16-20)8-9-21-22-10-11-26(28(22,3)15-13-23(21)27)30-17-29-24-6-4-5-7-25(24)30/h4-7,17,19-23,26H,8-16H2,1-3H3/t19?,20?,21?,22?,23?,26?,27-,28-/m0/s1. The van der Waals surface area contributed by atoms with Crippen LogP contribution in [0.3, 0.4) is 0 Å². The second-order valence-corrected chi connectivity index (χ2v) is 11.9. The summed E-state index contributed by atoms with van der Waals surface area (Å²) in [7, 11) is 0. The molecule has 6 unspecified atom stereocenters. The molecule has 0 radical (unpaired) electrons. The molecule has 8 atom stereocenters. The Labute approximate surface area is 192 Å². The molecule has 4 heteroatoms. The minimum Gasteiger partial charge on any atom is -0.463 e. The molecule has 4 saturated carbocycles. The maximum Gasteiger partial charge on any atom is 0.302 e. The monoisotopic (exact) mass is 434 g/mol. The molecule has 2 aromatic rings. The third kappa shape index (κ3) is 2.93. The summed E-state index contributed by atoms with van der Waals surface area (Å²) in [5.41, 5.74) is 3.25. The Kier molecular flexibility index (Phi) is 4.75. The van der Waals surface area contributed by atoms with Gasteiger partial charge in [0, 0.05) is 13.0 Å². The van der Waals surface area contributed by atoms with Crippen LogP contribution in [0.15, 0.2) is 30.6 Å². The first-order valence-corrected chi connectivity index (χ1v) is 13.0. The first kappa shape index (κ1) is 20.7. The molecule has 6 rings (SSSR count). The maximum absolute atomic E-state index is 11.5. The molecule has 4 aliphatic rings. The number of ether oxygens (including phenoxy) is 1. The number of nitrogens with zero attached hydrogens (tertiary/aromatic N) is 2. The van der Waals surface area contributed by atoms with Crippen molar-refractivity contribution in [2.45, 2.75) is 90.7 Å². The van der Waals surface area contributed by atoms with Gasteiger partial charge in [0.2, 0.25) is 0 Å². The molecule has 0 spiro atoms. The highest BCUT2D eigenvalue weighted by Gasteiger charge is 2.60. The molecule has 0 amide bonds. The lowest BCUT2D eigenvalue weighted by molar-refractivity contribution is -0.159. The summed E-state index contributed by atoms with van der Waals surface area (Å²) in [6.45, 7) is 6.76. The van der Waals surface area contributed by atoms with Crippen molar-refractivity contribution in [1.82, 2.24) is 9.55 Å². The zero-order chi connectivity index (χ0) is 22.1. The summed E-state index contributed by atoms with van der Waals surface area (Å²) in [4.78, 5) is 16.3. The first-order valence-electron chi connectivity index (χ1n) is 13.0. The fourth-order valence-electron chi connectivity index (χ4n) is 9.22. The number of rotatable bonds is 2. The Bertz CT molecular complexity index is 1030. The summed E-state index contributed by atoms with van der Waals surface area (Å²) >= 11 is 0. The molecule has 0 aliphatic heterocycles. The number of benzene rings is 1. The average molecular weight is 435 g/mol. The summed E-state index contributed by atoms with van der Waals surface area (Å²) in [5, 5.41) is 0. The van der Waals surface area contributed by atoms with E-state index >= 15 is 0 Å². The lowest BCUT2D eigenvalue weighted by atomic mass is 9.45. The predicted molar refractivity (Wildman–Crippen MR) is 126 cm³/mol. The number of para-hydroxylation sites is 2. The van der Waals surface area contributed by atoms with Gasteiger partial charge >= 0.3 is 5.97 Å². The van der Waals surface area contributed by atoms with E-state index in [1.54, 1.807) is 6.92 Å². The third-order valence-corrected chi connectivity index (χ3v) is 10.7. The summed E-state index contributed by atoms with van der Waals surface area (Å²) in [5.74, 6) is 3.15. The van der Waals surface area contributed by atoms with E-state index in [2.05, 4.69) is 49.0 Å². The highest BCUT2D eigenvalue weighted by molar-refractivity contribution is 5.75. The Balaban J connectivity index is 1.26. The van der Waals surface area contributed by atoms with Gasteiger partial charge in [-0.1, -0.05) is 26.0 Å². The van der Waals surface area contributed by atoms with Gasteiger partial charge < -0.3 is 9.30 Å². The van der Waals surface area contributed by atoms with E-state index in [4.69, 9.17) is 9.72 Å². The van der Waals surface area contributed by atoms with Gasteiger partial charge in [0.05, 0.1) is 17.4 Å². The van der Waals surface area contributed by atoms with Crippen molar-refractivity contribution in [3.8, 4) is 0 Å². The zero-order valence-corrected chi connectivity index (χ0v) is 19.9. The normalized spacial score (nSPS) is 43.3. The minimum atomic E-state index is -0.107. The smallest absolute Gasteiger partial charge is 0.302 e. The topological polar surface area (TPSA) is 44.1 Å². The molecule has 4 nitrogen and oxygen atoms in total. The van der Waals surface area contributed by atoms with Crippen LogP contribution < -0.4 is 0 Å². The molecule has 0 saturated heterocycles. The quantitative estimate of drug-likeness (QED) is 0.503. The molecule has 32 heavy (non-hydrogen) atoms. The van der Waals surface area contributed by atoms with Crippen molar-refractivity contribution in [2.75, 3.05) is 0 Å². The van der Waals surface area contributed by atoms with Crippen LogP contribution in [-0.2, 0) is 9.53 Å². The van der Waals surface area contributed by atoms with Gasteiger partial charge in [-0.2, -0.15) is 0 Å². The second kappa shape index (κ2) is 7.33.